The van der Waals surface area contributed by atoms with E-state index in [-0.39, 0.29) is 5.52 Å². The number of anilines is 1. The molecule has 0 spiro atoms. The molecule has 0 radical (unpaired) electrons. The van der Waals surface area contributed by atoms with E-state index >= 15 is 0 Å². The van der Waals surface area contributed by atoms with E-state index in [9.17, 15) is 18.3 Å². The van der Waals surface area contributed by atoms with Crippen molar-refractivity contribution in [2.45, 2.75) is 31.0 Å². The van der Waals surface area contributed by atoms with Gasteiger partial charge in [0, 0.05) is 23.8 Å². The average molecular weight is 296 g/mol. The summed E-state index contributed by atoms with van der Waals surface area (Å²) in [6.07, 6.45) is -0.400. The maximum absolute atomic E-state index is 12.7. The number of alkyl halides is 3. The van der Waals surface area contributed by atoms with Gasteiger partial charge >= 0.3 is 6.18 Å². The number of aromatic nitrogens is 1. The van der Waals surface area contributed by atoms with E-state index in [4.69, 9.17) is 0 Å². The Bertz CT molecular complexity index is 666. The number of nitrogens with zero attached hydrogens (tertiary/aromatic N) is 1. The fraction of sp³-hybridized carbons (Fsp3) is 0.400. The third-order valence-corrected chi connectivity index (χ3v) is 3.96. The molecule has 1 aliphatic rings. The molecule has 3 rings (SSSR count). The lowest BCUT2D eigenvalue weighted by Crippen LogP contribution is -2.43. The first-order valence-electron chi connectivity index (χ1n) is 6.80. The van der Waals surface area contributed by atoms with Gasteiger partial charge in [-0.05, 0) is 37.5 Å². The molecule has 0 aliphatic heterocycles. The average Bonchev–Trinajstić information content (AvgIpc) is 2.41. The van der Waals surface area contributed by atoms with E-state index in [1.54, 1.807) is 6.07 Å². The third-order valence-electron chi connectivity index (χ3n) is 3.96. The Morgan fingerprint density at radius 3 is 2.62 bits per heavy atom. The molecule has 2 N–H and O–H groups in total. The molecule has 1 aromatic heterocycles. The van der Waals surface area contributed by atoms with Crippen LogP contribution in [-0.4, -0.2) is 22.2 Å². The van der Waals surface area contributed by atoms with Crippen molar-refractivity contribution >= 4 is 16.6 Å². The Balaban J connectivity index is 1.89. The van der Waals surface area contributed by atoms with Gasteiger partial charge in [0.05, 0.1) is 16.7 Å². The van der Waals surface area contributed by atoms with Crippen LogP contribution in [0.5, 0.6) is 0 Å². The van der Waals surface area contributed by atoms with Crippen molar-refractivity contribution in [1.82, 2.24) is 4.98 Å². The molecule has 0 saturated heterocycles. The lowest BCUT2D eigenvalue weighted by atomic mass is 9.80. The highest BCUT2D eigenvalue weighted by molar-refractivity contribution is 5.91. The van der Waals surface area contributed by atoms with Crippen LogP contribution >= 0.6 is 0 Å². The number of hydrogen-bond donors (Lipinski definition) is 2. The van der Waals surface area contributed by atoms with Gasteiger partial charge in [-0.1, -0.05) is 6.07 Å². The molecule has 1 aliphatic carbocycles. The number of nitrogens with one attached hydrogen (secondary N) is 1. The van der Waals surface area contributed by atoms with Gasteiger partial charge in [0.25, 0.3) is 0 Å². The molecule has 0 bridgehead atoms. The summed E-state index contributed by atoms with van der Waals surface area (Å²) < 4.78 is 38.1. The smallest absolute Gasteiger partial charge is 0.388 e. The summed E-state index contributed by atoms with van der Waals surface area (Å²) in [4.78, 5) is 3.99. The fourth-order valence-electron chi connectivity index (χ4n) is 2.50. The van der Waals surface area contributed by atoms with E-state index in [1.807, 2.05) is 0 Å². The minimum atomic E-state index is -4.37. The highest BCUT2D eigenvalue weighted by Gasteiger charge is 2.34. The molecule has 0 atom stereocenters. The van der Waals surface area contributed by atoms with Crippen LogP contribution in [0.2, 0.25) is 0 Å². The largest absolute Gasteiger partial charge is 0.416 e. The molecule has 1 heterocycles. The van der Waals surface area contributed by atoms with E-state index < -0.39 is 17.3 Å². The van der Waals surface area contributed by atoms with Crippen LogP contribution in [0.3, 0.4) is 0 Å². The summed E-state index contributed by atoms with van der Waals surface area (Å²) in [6.45, 7) is 0.396. The Hall–Kier alpha value is -1.82. The number of pyridine rings is 1. The van der Waals surface area contributed by atoms with Crippen molar-refractivity contribution in [3.63, 3.8) is 0 Å². The van der Waals surface area contributed by atoms with Crippen LogP contribution in [0.4, 0.5) is 18.9 Å². The summed E-state index contributed by atoms with van der Waals surface area (Å²) in [7, 11) is 0. The summed E-state index contributed by atoms with van der Waals surface area (Å²) >= 11 is 0. The number of benzene rings is 1. The van der Waals surface area contributed by atoms with Crippen molar-refractivity contribution in [3.8, 4) is 0 Å². The second kappa shape index (κ2) is 4.87. The molecule has 2 aromatic rings. The number of halogens is 3. The van der Waals surface area contributed by atoms with Gasteiger partial charge in [-0.25, -0.2) is 0 Å². The first kappa shape index (κ1) is 14.1. The van der Waals surface area contributed by atoms with Gasteiger partial charge in [-0.2, -0.15) is 13.2 Å². The Morgan fingerprint density at radius 2 is 2.00 bits per heavy atom. The zero-order chi connectivity index (χ0) is 15.1. The summed E-state index contributed by atoms with van der Waals surface area (Å²) in [5.41, 5.74) is -0.427. The molecule has 0 unspecified atom stereocenters. The molecule has 1 saturated carbocycles. The topological polar surface area (TPSA) is 45.1 Å². The van der Waals surface area contributed by atoms with Crippen molar-refractivity contribution in [2.75, 3.05) is 11.9 Å². The maximum atomic E-state index is 12.7. The molecule has 6 heteroatoms. The predicted octanol–water partition coefficient (Wildman–Crippen LogP) is 3.58. The minimum absolute atomic E-state index is 0.287. The molecule has 1 fully saturated rings. The summed E-state index contributed by atoms with van der Waals surface area (Å²) in [5, 5.41) is 13.8. The second-order valence-corrected chi connectivity index (χ2v) is 5.52. The van der Waals surface area contributed by atoms with Crippen LogP contribution in [0.1, 0.15) is 24.8 Å². The first-order chi connectivity index (χ1) is 9.87. The Kier molecular flexibility index (Phi) is 3.28. The van der Waals surface area contributed by atoms with Gasteiger partial charge in [0.1, 0.15) is 0 Å². The normalized spacial score (nSPS) is 17.5. The van der Waals surface area contributed by atoms with Crippen LogP contribution in [0, 0.1) is 0 Å². The Morgan fingerprint density at radius 1 is 1.24 bits per heavy atom. The van der Waals surface area contributed by atoms with Crippen LogP contribution in [-0.2, 0) is 6.18 Å². The Labute approximate surface area is 119 Å². The van der Waals surface area contributed by atoms with E-state index in [0.29, 0.717) is 17.6 Å². The standard InChI is InChI=1S/C15H15F3N2O/c16-15(17,18)10-2-3-11-12(4-7-19-13(11)8-10)20-9-14(21)5-1-6-14/h2-4,7-8,21H,1,5-6,9H2,(H,19,20). The lowest BCUT2D eigenvalue weighted by Gasteiger charge is -2.37. The molecule has 112 valence electrons. The first-order valence-corrected chi connectivity index (χ1v) is 6.80. The van der Waals surface area contributed by atoms with E-state index in [1.165, 1.54) is 12.3 Å². The zero-order valence-electron chi connectivity index (χ0n) is 11.2. The van der Waals surface area contributed by atoms with Crippen molar-refractivity contribution in [2.24, 2.45) is 0 Å². The maximum Gasteiger partial charge on any atom is 0.416 e. The van der Waals surface area contributed by atoms with Crippen LogP contribution < -0.4 is 5.32 Å². The molecule has 0 amide bonds. The monoisotopic (exact) mass is 296 g/mol. The van der Waals surface area contributed by atoms with E-state index in [2.05, 4.69) is 10.3 Å². The van der Waals surface area contributed by atoms with Crippen LogP contribution in [0.25, 0.3) is 10.9 Å². The number of hydrogen-bond acceptors (Lipinski definition) is 3. The second-order valence-electron chi connectivity index (χ2n) is 5.52. The van der Waals surface area contributed by atoms with Gasteiger partial charge in [-0.3, -0.25) is 4.98 Å². The van der Waals surface area contributed by atoms with Gasteiger partial charge in [0.2, 0.25) is 0 Å². The number of rotatable bonds is 3. The number of fused-ring (bicyclic) bond motifs is 1. The molecular weight excluding hydrogens is 281 g/mol. The fourth-order valence-corrected chi connectivity index (χ4v) is 2.50. The van der Waals surface area contributed by atoms with Gasteiger partial charge in [0.15, 0.2) is 0 Å². The number of aliphatic hydroxyl groups is 1. The summed E-state index contributed by atoms with van der Waals surface area (Å²) in [6, 6.07) is 5.21. The van der Waals surface area contributed by atoms with Gasteiger partial charge in [-0.15, -0.1) is 0 Å². The summed E-state index contributed by atoms with van der Waals surface area (Å²) in [5.74, 6) is 0. The highest BCUT2D eigenvalue weighted by Crippen LogP contribution is 2.34. The van der Waals surface area contributed by atoms with Gasteiger partial charge < -0.3 is 10.4 Å². The van der Waals surface area contributed by atoms with Crippen molar-refractivity contribution in [3.05, 3.63) is 36.0 Å². The SMILES string of the molecule is OC1(CNc2ccnc3cc(C(F)(F)F)ccc23)CCC1. The zero-order valence-corrected chi connectivity index (χ0v) is 11.2. The molecule has 21 heavy (non-hydrogen) atoms. The lowest BCUT2D eigenvalue weighted by molar-refractivity contribution is -0.137. The molecular formula is C15H15F3N2O. The highest BCUT2D eigenvalue weighted by atomic mass is 19.4. The predicted molar refractivity (Wildman–Crippen MR) is 74.0 cm³/mol. The molecule has 1 aromatic carbocycles. The molecule has 3 nitrogen and oxygen atoms in total. The minimum Gasteiger partial charge on any atom is -0.388 e. The van der Waals surface area contributed by atoms with Crippen molar-refractivity contribution < 1.29 is 18.3 Å². The van der Waals surface area contributed by atoms with Crippen LogP contribution in [0.15, 0.2) is 30.5 Å². The third kappa shape index (κ3) is 2.81. The van der Waals surface area contributed by atoms with E-state index in [0.717, 1.165) is 31.4 Å². The quantitative estimate of drug-likeness (QED) is 0.910. The van der Waals surface area contributed by atoms with Crippen molar-refractivity contribution in [1.29, 1.82) is 0 Å².